The summed E-state index contributed by atoms with van der Waals surface area (Å²) in [6.07, 6.45) is 4.10. The van der Waals surface area contributed by atoms with Crippen molar-refractivity contribution in [2.75, 3.05) is 49.6 Å². The van der Waals surface area contributed by atoms with Gasteiger partial charge in [0.1, 0.15) is 0 Å². The number of morpholine rings is 1. The van der Waals surface area contributed by atoms with Crippen molar-refractivity contribution in [1.82, 2.24) is 4.90 Å². The molecule has 2 aliphatic heterocycles. The van der Waals surface area contributed by atoms with Crippen LogP contribution in [-0.4, -0.2) is 56.4 Å². The molecule has 0 bridgehead atoms. The Morgan fingerprint density at radius 1 is 1.00 bits per heavy atom. The van der Waals surface area contributed by atoms with Crippen LogP contribution in [-0.2, 0) is 4.74 Å². The maximum Gasteiger partial charge on any atom is 0.0642 e. The number of hydrogen-bond acceptors (Lipinski definition) is 4. The van der Waals surface area contributed by atoms with Crippen molar-refractivity contribution in [2.45, 2.75) is 31.3 Å². The third kappa shape index (κ3) is 3.01. The van der Waals surface area contributed by atoms with E-state index in [1.54, 1.807) is 0 Å². The predicted molar refractivity (Wildman–Crippen MR) is 86.1 cm³/mol. The summed E-state index contributed by atoms with van der Waals surface area (Å²) in [5.74, 6) is 0. The van der Waals surface area contributed by atoms with Crippen LogP contribution in [0.5, 0.6) is 0 Å². The molecule has 1 N–H and O–H groups in total. The molecule has 3 fully saturated rings. The van der Waals surface area contributed by atoms with Crippen molar-refractivity contribution < 1.29 is 4.74 Å². The predicted octanol–water partition coefficient (Wildman–Crippen LogP) is 2.17. The molecule has 2 heterocycles. The molecule has 4 heteroatoms. The average molecular weight is 287 g/mol. The Morgan fingerprint density at radius 2 is 1.81 bits per heavy atom. The SMILES string of the molecule is c1ccc(N2CCOCC2)c(NC2CCN(C3CC3)C2)c1. The van der Waals surface area contributed by atoms with E-state index >= 15 is 0 Å². The molecular formula is C17H25N3O. The topological polar surface area (TPSA) is 27.7 Å². The molecule has 1 unspecified atom stereocenters. The van der Waals surface area contributed by atoms with E-state index in [2.05, 4.69) is 39.4 Å². The van der Waals surface area contributed by atoms with Crippen molar-refractivity contribution in [3.05, 3.63) is 24.3 Å². The minimum atomic E-state index is 0.604. The zero-order valence-corrected chi connectivity index (χ0v) is 12.6. The summed E-state index contributed by atoms with van der Waals surface area (Å²) in [5.41, 5.74) is 2.63. The van der Waals surface area contributed by atoms with Crippen molar-refractivity contribution in [3.63, 3.8) is 0 Å². The highest BCUT2D eigenvalue weighted by molar-refractivity contribution is 5.70. The fourth-order valence-corrected chi connectivity index (χ4v) is 3.57. The van der Waals surface area contributed by atoms with E-state index in [0.717, 1.165) is 32.3 Å². The Bertz CT molecular complexity index is 483. The van der Waals surface area contributed by atoms with Gasteiger partial charge in [-0.05, 0) is 31.4 Å². The highest BCUT2D eigenvalue weighted by Gasteiger charge is 2.34. The van der Waals surface area contributed by atoms with E-state index in [9.17, 15) is 0 Å². The van der Waals surface area contributed by atoms with E-state index in [1.807, 2.05) is 0 Å². The molecule has 1 aliphatic carbocycles. The molecule has 114 valence electrons. The number of nitrogens with zero attached hydrogens (tertiary/aromatic N) is 2. The van der Waals surface area contributed by atoms with Gasteiger partial charge in [-0.3, -0.25) is 4.90 Å². The summed E-state index contributed by atoms with van der Waals surface area (Å²) in [4.78, 5) is 5.11. The number of para-hydroxylation sites is 2. The molecule has 0 aromatic heterocycles. The highest BCUT2D eigenvalue weighted by Crippen LogP contribution is 2.32. The summed E-state index contributed by atoms with van der Waals surface area (Å²) in [6, 6.07) is 10.2. The maximum absolute atomic E-state index is 5.47. The number of nitrogens with one attached hydrogen (secondary N) is 1. The third-order valence-corrected chi connectivity index (χ3v) is 4.90. The van der Waals surface area contributed by atoms with Crippen LogP contribution in [0.2, 0.25) is 0 Å². The van der Waals surface area contributed by atoms with Crippen LogP contribution in [0.25, 0.3) is 0 Å². The second-order valence-electron chi connectivity index (χ2n) is 6.47. The molecule has 1 saturated carbocycles. The van der Waals surface area contributed by atoms with E-state index in [-0.39, 0.29) is 0 Å². The van der Waals surface area contributed by atoms with Crippen LogP contribution in [0.15, 0.2) is 24.3 Å². The van der Waals surface area contributed by atoms with Crippen LogP contribution in [0.4, 0.5) is 11.4 Å². The molecule has 2 saturated heterocycles. The average Bonchev–Trinajstić information content (AvgIpc) is 3.29. The molecule has 1 aromatic rings. The maximum atomic E-state index is 5.47. The van der Waals surface area contributed by atoms with Crippen LogP contribution in [0.3, 0.4) is 0 Å². The largest absolute Gasteiger partial charge is 0.379 e. The Kier molecular flexibility index (Phi) is 3.74. The van der Waals surface area contributed by atoms with Gasteiger partial charge in [0.05, 0.1) is 24.6 Å². The van der Waals surface area contributed by atoms with Gasteiger partial charge in [0.2, 0.25) is 0 Å². The molecule has 3 aliphatic rings. The van der Waals surface area contributed by atoms with Gasteiger partial charge in [0, 0.05) is 38.3 Å². The Balaban J connectivity index is 1.44. The lowest BCUT2D eigenvalue weighted by Gasteiger charge is -2.31. The van der Waals surface area contributed by atoms with Crippen LogP contribution >= 0.6 is 0 Å². The summed E-state index contributed by atoms with van der Waals surface area (Å²) >= 11 is 0. The van der Waals surface area contributed by atoms with Gasteiger partial charge in [-0.2, -0.15) is 0 Å². The lowest BCUT2D eigenvalue weighted by atomic mass is 10.2. The molecule has 0 spiro atoms. The van der Waals surface area contributed by atoms with Crippen molar-refractivity contribution >= 4 is 11.4 Å². The van der Waals surface area contributed by atoms with Crippen molar-refractivity contribution in [2.24, 2.45) is 0 Å². The Labute approximate surface area is 127 Å². The lowest BCUT2D eigenvalue weighted by molar-refractivity contribution is 0.123. The first kappa shape index (κ1) is 13.4. The zero-order valence-electron chi connectivity index (χ0n) is 12.6. The third-order valence-electron chi connectivity index (χ3n) is 4.90. The first-order chi connectivity index (χ1) is 10.4. The summed E-state index contributed by atoms with van der Waals surface area (Å²) in [7, 11) is 0. The van der Waals surface area contributed by atoms with E-state index < -0.39 is 0 Å². The first-order valence-electron chi connectivity index (χ1n) is 8.32. The second kappa shape index (κ2) is 5.85. The lowest BCUT2D eigenvalue weighted by Crippen LogP contribution is -2.37. The molecule has 1 aromatic carbocycles. The highest BCUT2D eigenvalue weighted by atomic mass is 16.5. The number of hydrogen-bond donors (Lipinski definition) is 1. The first-order valence-corrected chi connectivity index (χ1v) is 8.32. The van der Waals surface area contributed by atoms with Gasteiger partial charge in [-0.1, -0.05) is 12.1 Å². The van der Waals surface area contributed by atoms with Crippen molar-refractivity contribution in [3.8, 4) is 0 Å². The number of rotatable bonds is 4. The number of ether oxygens (including phenoxy) is 1. The number of likely N-dealkylation sites (tertiary alicyclic amines) is 1. The van der Waals surface area contributed by atoms with Crippen LogP contribution in [0.1, 0.15) is 19.3 Å². The molecule has 4 rings (SSSR count). The van der Waals surface area contributed by atoms with Gasteiger partial charge < -0.3 is 15.0 Å². The van der Waals surface area contributed by atoms with E-state index in [1.165, 1.54) is 43.7 Å². The quantitative estimate of drug-likeness (QED) is 0.918. The second-order valence-corrected chi connectivity index (χ2v) is 6.47. The van der Waals surface area contributed by atoms with Gasteiger partial charge in [-0.25, -0.2) is 0 Å². The zero-order chi connectivity index (χ0) is 14.1. The van der Waals surface area contributed by atoms with Crippen LogP contribution < -0.4 is 10.2 Å². The molecule has 1 atom stereocenters. The smallest absolute Gasteiger partial charge is 0.0642 e. The Morgan fingerprint density at radius 3 is 2.62 bits per heavy atom. The van der Waals surface area contributed by atoms with Gasteiger partial charge in [-0.15, -0.1) is 0 Å². The summed E-state index contributed by atoms with van der Waals surface area (Å²) in [5, 5.41) is 3.80. The minimum absolute atomic E-state index is 0.604. The van der Waals surface area contributed by atoms with Gasteiger partial charge in [0.15, 0.2) is 0 Å². The number of benzene rings is 1. The number of anilines is 2. The molecular weight excluding hydrogens is 262 g/mol. The van der Waals surface area contributed by atoms with Crippen molar-refractivity contribution in [1.29, 1.82) is 0 Å². The normalized spacial score (nSPS) is 27.0. The standard InChI is InChI=1S/C17H25N3O/c1-2-4-17(19-9-11-21-12-10-19)16(3-1)18-14-7-8-20(13-14)15-5-6-15/h1-4,14-15,18H,5-13H2. The summed E-state index contributed by atoms with van der Waals surface area (Å²) < 4.78 is 5.47. The molecule has 0 amide bonds. The van der Waals surface area contributed by atoms with E-state index in [0.29, 0.717) is 6.04 Å². The Hall–Kier alpha value is -1.26. The molecule has 4 nitrogen and oxygen atoms in total. The van der Waals surface area contributed by atoms with E-state index in [4.69, 9.17) is 4.74 Å². The molecule has 21 heavy (non-hydrogen) atoms. The van der Waals surface area contributed by atoms with Gasteiger partial charge in [0.25, 0.3) is 0 Å². The van der Waals surface area contributed by atoms with Crippen LogP contribution in [0, 0.1) is 0 Å². The monoisotopic (exact) mass is 287 g/mol. The van der Waals surface area contributed by atoms with Gasteiger partial charge >= 0.3 is 0 Å². The molecule has 0 radical (unpaired) electrons. The minimum Gasteiger partial charge on any atom is -0.379 e. The fourth-order valence-electron chi connectivity index (χ4n) is 3.57. The summed E-state index contributed by atoms with van der Waals surface area (Å²) in [6.45, 7) is 6.15. The fraction of sp³-hybridized carbons (Fsp3) is 0.647.